The van der Waals surface area contributed by atoms with Crippen LogP contribution < -0.4 is 10.1 Å². The zero-order valence-electron chi connectivity index (χ0n) is 19.0. The number of nitrogens with one attached hydrogen (secondary N) is 1. The Bertz CT molecular complexity index is 708. The highest BCUT2D eigenvalue weighted by atomic mass is 16.5. The third-order valence-corrected chi connectivity index (χ3v) is 5.44. The van der Waals surface area contributed by atoms with E-state index in [1.165, 1.54) is 7.11 Å². The molecule has 1 N–H and O–H groups in total. The van der Waals surface area contributed by atoms with Gasteiger partial charge in [-0.15, -0.1) is 0 Å². The fourth-order valence-corrected chi connectivity index (χ4v) is 3.86. The first kappa shape index (κ1) is 24.0. The number of esters is 1. The average Bonchev–Trinajstić information content (AvgIpc) is 2.71. The topological polar surface area (TPSA) is 64.6 Å². The van der Waals surface area contributed by atoms with E-state index in [9.17, 15) is 9.59 Å². The van der Waals surface area contributed by atoms with Gasteiger partial charge in [0.05, 0.1) is 13.7 Å². The molecular formula is C25H37NO4. The fraction of sp³-hybridized carbons (Fsp3) is 0.600. The number of amides is 1. The molecule has 1 aromatic carbocycles. The van der Waals surface area contributed by atoms with E-state index in [1.54, 1.807) is 0 Å². The number of fused-ring (bicyclic) bond motifs is 11. The molecule has 2 aliphatic rings. The predicted molar refractivity (Wildman–Crippen MR) is 119 cm³/mol. The number of hydrogen-bond donors (Lipinski definition) is 1. The van der Waals surface area contributed by atoms with Gasteiger partial charge in [0.1, 0.15) is 11.8 Å². The molecule has 3 atom stereocenters. The van der Waals surface area contributed by atoms with E-state index < -0.39 is 12.0 Å². The molecule has 0 spiro atoms. The number of carbonyl (C=O) groups is 2. The van der Waals surface area contributed by atoms with Crippen LogP contribution in [0.25, 0.3) is 0 Å². The van der Waals surface area contributed by atoms with Gasteiger partial charge in [0.2, 0.25) is 5.91 Å². The lowest BCUT2D eigenvalue weighted by molar-refractivity contribution is -0.145. The molecule has 1 aromatic rings. The maximum Gasteiger partial charge on any atom is 0.328 e. The van der Waals surface area contributed by atoms with E-state index in [2.05, 4.69) is 45.2 Å². The molecule has 5 heteroatoms. The third-order valence-electron chi connectivity index (χ3n) is 5.44. The van der Waals surface area contributed by atoms with Crippen molar-refractivity contribution in [1.82, 2.24) is 5.32 Å². The van der Waals surface area contributed by atoms with Crippen LogP contribution >= 0.6 is 0 Å². The molecule has 2 heterocycles. The van der Waals surface area contributed by atoms with Crippen LogP contribution in [0.3, 0.4) is 0 Å². The minimum atomic E-state index is -0.707. The standard InChI is InChI=1S/C25H37NO4/c1-17(2)8-11-20-7-6-14-30-21-12-9-19(10-13-21)16-23(25(28)29-5)26-24(27)22(20)15-18(3)4/h8-13,17-18,20,22-23H,6-7,14-16H2,1-5H3,(H,26,27)/t20-,22-,23+/m1/s1. The van der Waals surface area contributed by atoms with Gasteiger partial charge in [-0.25, -0.2) is 4.79 Å². The Labute approximate surface area is 181 Å². The predicted octanol–water partition coefficient (Wildman–Crippen LogP) is 4.55. The number of benzene rings is 1. The molecule has 0 saturated heterocycles. The number of hydrogen-bond acceptors (Lipinski definition) is 4. The van der Waals surface area contributed by atoms with E-state index in [1.807, 2.05) is 24.3 Å². The van der Waals surface area contributed by atoms with Crippen molar-refractivity contribution in [3.63, 3.8) is 0 Å². The maximum atomic E-state index is 13.4. The average molecular weight is 416 g/mol. The van der Waals surface area contributed by atoms with E-state index in [0.29, 0.717) is 24.9 Å². The van der Waals surface area contributed by atoms with Crippen molar-refractivity contribution >= 4 is 11.9 Å². The lowest BCUT2D eigenvalue weighted by Crippen LogP contribution is -2.47. The smallest absolute Gasteiger partial charge is 0.328 e. The SMILES string of the molecule is COC(=O)[C@@H]1Cc2ccc(cc2)OCCC[C@H](C=CC(C)C)[C@@H](CC(C)C)C(=O)N1. The van der Waals surface area contributed by atoms with Crippen molar-refractivity contribution in [3.8, 4) is 5.75 Å². The summed E-state index contributed by atoms with van der Waals surface area (Å²) in [6.07, 6.45) is 7.22. The minimum Gasteiger partial charge on any atom is -0.494 e. The van der Waals surface area contributed by atoms with Crippen LogP contribution in [-0.4, -0.2) is 31.6 Å². The molecule has 0 unspecified atom stereocenters. The summed E-state index contributed by atoms with van der Waals surface area (Å²) in [5, 5.41) is 3.00. The second-order valence-electron chi connectivity index (χ2n) is 8.95. The van der Waals surface area contributed by atoms with Crippen LogP contribution in [0.5, 0.6) is 5.75 Å². The van der Waals surface area contributed by atoms with Crippen molar-refractivity contribution in [2.75, 3.05) is 13.7 Å². The highest BCUT2D eigenvalue weighted by Crippen LogP contribution is 2.28. The molecule has 30 heavy (non-hydrogen) atoms. The summed E-state index contributed by atoms with van der Waals surface area (Å²) in [7, 11) is 1.36. The highest BCUT2D eigenvalue weighted by molar-refractivity contribution is 5.86. The maximum absolute atomic E-state index is 13.4. The molecule has 0 fully saturated rings. The summed E-state index contributed by atoms with van der Waals surface area (Å²) in [5.41, 5.74) is 0.951. The third kappa shape index (κ3) is 7.51. The van der Waals surface area contributed by atoms with Crippen molar-refractivity contribution in [2.24, 2.45) is 23.7 Å². The van der Waals surface area contributed by atoms with Gasteiger partial charge in [-0.05, 0) is 54.7 Å². The number of carbonyl (C=O) groups excluding carboxylic acids is 2. The van der Waals surface area contributed by atoms with Gasteiger partial charge in [0, 0.05) is 12.3 Å². The Hall–Kier alpha value is -2.30. The van der Waals surface area contributed by atoms with Gasteiger partial charge >= 0.3 is 5.97 Å². The summed E-state index contributed by atoms with van der Waals surface area (Å²) in [6.45, 7) is 9.15. The first-order chi connectivity index (χ1) is 14.3. The number of ether oxygens (including phenoxy) is 2. The van der Waals surface area contributed by atoms with Gasteiger partial charge in [0.25, 0.3) is 0 Å². The van der Waals surface area contributed by atoms with Crippen LogP contribution in [0.2, 0.25) is 0 Å². The molecular weight excluding hydrogens is 378 g/mol. The monoisotopic (exact) mass is 415 g/mol. The van der Waals surface area contributed by atoms with Crippen LogP contribution in [0.1, 0.15) is 52.5 Å². The lowest BCUT2D eigenvalue weighted by atomic mass is 9.81. The first-order valence-electron chi connectivity index (χ1n) is 11.1. The van der Waals surface area contributed by atoms with Gasteiger partial charge in [-0.2, -0.15) is 0 Å². The molecule has 0 radical (unpaired) electrons. The Balaban J connectivity index is 2.37. The molecule has 2 bridgehead atoms. The Morgan fingerprint density at radius 3 is 2.53 bits per heavy atom. The number of methoxy groups -OCH3 is 1. The van der Waals surface area contributed by atoms with Crippen LogP contribution in [0.4, 0.5) is 0 Å². The molecule has 5 nitrogen and oxygen atoms in total. The number of rotatable bonds is 5. The lowest BCUT2D eigenvalue weighted by Gasteiger charge is -2.28. The number of allylic oxidation sites excluding steroid dienone is 2. The van der Waals surface area contributed by atoms with Crippen LogP contribution in [0.15, 0.2) is 36.4 Å². The van der Waals surface area contributed by atoms with Crippen molar-refractivity contribution in [1.29, 1.82) is 0 Å². The van der Waals surface area contributed by atoms with E-state index in [0.717, 1.165) is 30.6 Å². The summed E-state index contributed by atoms with van der Waals surface area (Å²) in [6, 6.07) is 6.98. The van der Waals surface area contributed by atoms with Crippen molar-refractivity contribution < 1.29 is 19.1 Å². The summed E-state index contributed by atoms with van der Waals surface area (Å²) < 4.78 is 10.9. The minimum absolute atomic E-state index is 0.0768. The fourth-order valence-electron chi connectivity index (χ4n) is 3.86. The zero-order chi connectivity index (χ0) is 22.1. The summed E-state index contributed by atoms with van der Waals surface area (Å²) in [4.78, 5) is 25.8. The van der Waals surface area contributed by atoms with E-state index >= 15 is 0 Å². The Morgan fingerprint density at radius 2 is 1.93 bits per heavy atom. The molecule has 0 saturated carbocycles. The molecule has 3 rings (SSSR count). The Kier molecular flexibility index (Phi) is 9.41. The van der Waals surface area contributed by atoms with Gasteiger partial charge in [0.15, 0.2) is 0 Å². The summed E-state index contributed by atoms with van der Waals surface area (Å²) in [5.74, 6) is 1.01. The van der Waals surface area contributed by atoms with Gasteiger partial charge in [-0.3, -0.25) is 4.79 Å². The van der Waals surface area contributed by atoms with E-state index in [-0.39, 0.29) is 17.7 Å². The molecule has 0 aromatic heterocycles. The largest absolute Gasteiger partial charge is 0.494 e. The first-order valence-corrected chi connectivity index (χ1v) is 11.1. The summed E-state index contributed by atoms with van der Waals surface area (Å²) >= 11 is 0. The second kappa shape index (κ2) is 11.8. The molecule has 1 amide bonds. The van der Waals surface area contributed by atoms with Crippen molar-refractivity contribution in [2.45, 2.75) is 59.4 Å². The highest BCUT2D eigenvalue weighted by Gasteiger charge is 2.31. The van der Waals surface area contributed by atoms with Gasteiger partial charge < -0.3 is 14.8 Å². The van der Waals surface area contributed by atoms with Crippen LogP contribution in [-0.2, 0) is 20.7 Å². The molecule has 166 valence electrons. The normalized spacial score (nSPS) is 23.3. The second-order valence-corrected chi connectivity index (χ2v) is 8.95. The van der Waals surface area contributed by atoms with Crippen LogP contribution in [0, 0.1) is 23.7 Å². The van der Waals surface area contributed by atoms with Crippen molar-refractivity contribution in [3.05, 3.63) is 42.0 Å². The molecule has 2 aliphatic heterocycles. The zero-order valence-corrected chi connectivity index (χ0v) is 19.0. The Morgan fingerprint density at radius 1 is 1.23 bits per heavy atom. The quantitative estimate of drug-likeness (QED) is 0.566. The molecule has 0 aliphatic carbocycles. The van der Waals surface area contributed by atoms with E-state index in [4.69, 9.17) is 9.47 Å². The van der Waals surface area contributed by atoms with Gasteiger partial charge in [-0.1, -0.05) is 52.0 Å².